The van der Waals surface area contributed by atoms with Crippen LogP contribution in [0, 0.1) is 6.92 Å². The fraction of sp³-hybridized carbons (Fsp3) is 0.286. The second-order valence-electron chi connectivity index (χ2n) is 6.45. The highest BCUT2D eigenvalue weighted by atomic mass is 16.5. The summed E-state index contributed by atoms with van der Waals surface area (Å²) in [6.45, 7) is 2.79. The molecule has 6 nitrogen and oxygen atoms in total. The van der Waals surface area contributed by atoms with Crippen molar-refractivity contribution >= 4 is 17.7 Å². The summed E-state index contributed by atoms with van der Waals surface area (Å²) in [6.07, 6.45) is 0.262. The number of hydrogen-bond acceptors (Lipinski definition) is 4. The van der Waals surface area contributed by atoms with Crippen molar-refractivity contribution in [3.8, 4) is 5.75 Å². The fourth-order valence-corrected chi connectivity index (χ4v) is 2.92. The third-order valence-electron chi connectivity index (χ3n) is 4.41. The van der Waals surface area contributed by atoms with Crippen molar-refractivity contribution < 1.29 is 19.1 Å². The van der Waals surface area contributed by atoms with Crippen LogP contribution in [0.1, 0.15) is 27.9 Å². The molecule has 3 amide bonds. The van der Waals surface area contributed by atoms with E-state index in [0.29, 0.717) is 18.7 Å². The largest absolute Gasteiger partial charge is 0.492 e. The Balaban J connectivity index is 1.42. The summed E-state index contributed by atoms with van der Waals surface area (Å²) < 4.78 is 5.55. The molecule has 2 aromatic rings. The number of fused-ring (bicyclic) bond motifs is 1. The lowest BCUT2D eigenvalue weighted by Crippen LogP contribution is -2.44. The molecule has 1 N–H and O–H groups in total. The lowest BCUT2D eigenvalue weighted by molar-refractivity contribution is -0.129. The van der Waals surface area contributed by atoms with Gasteiger partial charge in [-0.15, -0.1) is 0 Å². The van der Waals surface area contributed by atoms with E-state index in [1.54, 1.807) is 24.3 Å². The lowest BCUT2D eigenvalue weighted by atomic mass is 9.98. The highest BCUT2D eigenvalue weighted by molar-refractivity contribution is 6.09. The zero-order valence-corrected chi connectivity index (χ0v) is 15.2. The Morgan fingerprint density at radius 2 is 1.85 bits per heavy atom. The molecule has 0 radical (unpaired) electrons. The number of nitrogens with one attached hydrogen (secondary N) is 1. The predicted octanol–water partition coefficient (Wildman–Crippen LogP) is 2.11. The van der Waals surface area contributed by atoms with E-state index in [-0.39, 0.29) is 37.1 Å². The quantitative estimate of drug-likeness (QED) is 0.601. The number of nitrogens with zero attached hydrogens (tertiary/aromatic N) is 1. The van der Waals surface area contributed by atoms with E-state index in [1.165, 1.54) is 0 Å². The molecule has 0 spiro atoms. The first-order chi connectivity index (χ1) is 13.0. The van der Waals surface area contributed by atoms with Crippen molar-refractivity contribution in [3.05, 3.63) is 65.2 Å². The highest BCUT2D eigenvalue weighted by Gasteiger charge is 2.30. The van der Waals surface area contributed by atoms with E-state index in [2.05, 4.69) is 5.32 Å². The van der Waals surface area contributed by atoms with Gasteiger partial charge < -0.3 is 10.1 Å². The van der Waals surface area contributed by atoms with Crippen LogP contribution in [-0.4, -0.2) is 42.3 Å². The van der Waals surface area contributed by atoms with Crippen molar-refractivity contribution in [3.63, 3.8) is 0 Å². The minimum absolute atomic E-state index is 0.0736. The molecule has 0 aliphatic carbocycles. The topological polar surface area (TPSA) is 75.7 Å². The van der Waals surface area contributed by atoms with Gasteiger partial charge in [0, 0.05) is 18.5 Å². The first-order valence-corrected chi connectivity index (χ1v) is 8.93. The van der Waals surface area contributed by atoms with Crippen molar-refractivity contribution in [2.75, 3.05) is 19.7 Å². The van der Waals surface area contributed by atoms with Gasteiger partial charge in [0.05, 0.1) is 13.0 Å². The van der Waals surface area contributed by atoms with Gasteiger partial charge in [-0.2, -0.15) is 0 Å². The molecular weight excluding hydrogens is 344 g/mol. The Kier molecular flexibility index (Phi) is 5.86. The van der Waals surface area contributed by atoms with Crippen LogP contribution in [0.4, 0.5) is 0 Å². The molecule has 2 aromatic carbocycles. The number of benzene rings is 2. The molecule has 0 bridgehead atoms. The maximum absolute atomic E-state index is 12.4. The number of amides is 3. The van der Waals surface area contributed by atoms with Crippen molar-refractivity contribution in [2.24, 2.45) is 0 Å². The lowest BCUT2D eigenvalue weighted by Gasteiger charge is -2.26. The predicted molar refractivity (Wildman–Crippen MR) is 100 cm³/mol. The molecule has 6 heteroatoms. The molecular formula is C21H22N2O4. The van der Waals surface area contributed by atoms with E-state index < -0.39 is 0 Å². The molecule has 0 saturated heterocycles. The van der Waals surface area contributed by atoms with E-state index >= 15 is 0 Å². The molecule has 0 fully saturated rings. The van der Waals surface area contributed by atoms with Crippen LogP contribution in [0.3, 0.4) is 0 Å². The van der Waals surface area contributed by atoms with E-state index in [9.17, 15) is 14.4 Å². The maximum Gasteiger partial charge on any atom is 0.260 e. The van der Waals surface area contributed by atoms with Gasteiger partial charge in [0.2, 0.25) is 11.8 Å². The highest BCUT2D eigenvalue weighted by Crippen LogP contribution is 2.19. The summed E-state index contributed by atoms with van der Waals surface area (Å²) in [5, 5.41) is 2.74. The van der Waals surface area contributed by atoms with E-state index in [4.69, 9.17) is 4.74 Å². The fourth-order valence-electron chi connectivity index (χ4n) is 2.92. The van der Waals surface area contributed by atoms with Crippen molar-refractivity contribution in [1.29, 1.82) is 0 Å². The minimum atomic E-state index is -0.336. The number of imide groups is 1. The van der Waals surface area contributed by atoms with Crippen LogP contribution >= 0.6 is 0 Å². The van der Waals surface area contributed by atoms with Crippen LogP contribution in [0.2, 0.25) is 0 Å². The summed E-state index contributed by atoms with van der Waals surface area (Å²) in [5.74, 6) is -0.0773. The molecule has 0 saturated carbocycles. The van der Waals surface area contributed by atoms with Gasteiger partial charge >= 0.3 is 0 Å². The van der Waals surface area contributed by atoms with Gasteiger partial charge in [-0.3, -0.25) is 19.3 Å². The molecule has 0 atom stereocenters. The first-order valence-electron chi connectivity index (χ1n) is 8.93. The van der Waals surface area contributed by atoms with Gasteiger partial charge in [-0.25, -0.2) is 0 Å². The van der Waals surface area contributed by atoms with Crippen LogP contribution in [0.25, 0.3) is 0 Å². The summed E-state index contributed by atoms with van der Waals surface area (Å²) in [6, 6.07) is 14.7. The second kappa shape index (κ2) is 8.49. The zero-order chi connectivity index (χ0) is 19.2. The summed E-state index contributed by atoms with van der Waals surface area (Å²) in [5.41, 5.74) is 2.42. The molecule has 1 aliphatic rings. The second-order valence-corrected chi connectivity index (χ2v) is 6.45. The molecule has 0 aromatic heterocycles. The average molecular weight is 366 g/mol. The minimum Gasteiger partial charge on any atom is -0.492 e. The van der Waals surface area contributed by atoms with Crippen LogP contribution in [0.5, 0.6) is 5.75 Å². The number of hydrogen-bond donors (Lipinski definition) is 1. The van der Waals surface area contributed by atoms with Crippen LogP contribution in [-0.2, 0) is 16.0 Å². The number of carbonyl (C=O) groups excluding carboxylic acids is 3. The van der Waals surface area contributed by atoms with Crippen LogP contribution in [0.15, 0.2) is 48.5 Å². The monoisotopic (exact) mass is 366 g/mol. The Bertz CT molecular complexity index is 846. The smallest absolute Gasteiger partial charge is 0.260 e. The number of aryl methyl sites for hydroxylation is 1. The SMILES string of the molecule is Cc1ccc(OCCNC(=O)CCN2C(=O)Cc3ccccc3C2=O)cc1. The van der Waals surface area contributed by atoms with Gasteiger partial charge in [0.1, 0.15) is 12.4 Å². The Morgan fingerprint density at radius 3 is 2.63 bits per heavy atom. The van der Waals surface area contributed by atoms with E-state index in [0.717, 1.165) is 21.8 Å². The standard InChI is InChI=1S/C21H22N2O4/c1-15-6-8-17(9-7-15)27-13-11-22-19(24)10-12-23-20(25)14-16-4-2-3-5-18(16)21(23)26/h2-9H,10-14H2,1H3,(H,22,24). The maximum atomic E-state index is 12.4. The van der Waals surface area contributed by atoms with Gasteiger partial charge in [0.25, 0.3) is 5.91 Å². The van der Waals surface area contributed by atoms with Gasteiger partial charge in [0.15, 0.2) is 0 Å². The third kappa shape index (κ3) is 4.73. The number of carbonyl (C=O) groups is 3. The molecule has 140 valence electrons. The molecule has 1 aliphatic heterocycles. The Labute approximate surface area is 158 Å². The number of rotatable bonds is 7. The van der Waals surface area contributed by atoms with Crippen LogP contribution < -0.4 is 10.1 Å². The average Bonchev–Trinajstić information content (AvgIpc) is 2.66. The van der Waals surface area contributed by atoms with Gasteiger partial charge in [-0.1, -0.05) is 35.9 Å². The molecule has 27 heavy (non-hydrogen) atoms. The van der Waals surface area contributed by atoms with E-state index in [1.807, 2.05) is 31.2 Å². The zero-order valence-electron chi connectivity index (χ0n) is 15.2. The summed E-state index contributed by atoms with van der Waals surface area (Å²) in [7, 11) is 0. The normalized spacial score (nSPS) is 13.3. The Morgan fingerprint density at radius 1 is 1.11 bits per heavy atom. The first kappa shape index (κ1) is 18.6. The molecule has 0 unspecified atom stereocenters. The third-order valence-corrected chi connectivity index (χ3v) is 4.41. The summed E-state index contributed by atoms with van der Waals surface area (Å²) in [4.78, 5) is 37.8. The Hall–Kier alpha value is -3.15. The van der Waals surface area contributed by atoms with Crippen molar-refractivity contribution in [1.82, 2.24) is 10.2 Å². The molecule has 1 heterocycles. The summed E-state index contributed by atoms with van der Waals surface area (Å²) >= 11 is 0. The van der Waals surface area contributed by atoms with Crippen molar-refractivity contribution in [2.45, 2.75) is 19.8 Å². The number of ether oxygens (including phenoxy) is 1. The molecule has 3 rings (SSSR count). The van der Waals surface area contributed by atoms with Gasteiger partial charge in [-0.05, 0) is 30.7 Å².